The van der Waals surface area contributed by atoms with Crippen molar-refractivity contribution in [3.63, 3.8) is 0 Å². The van der Waals surface area contributed by atoms with Crippen LogP contribution in [0.15, 0.2) is 188 Å². The number of fused-ring (bicyclic) bond motifs is 2. The van der Waals surface area contributed by atoms with Crippen molar-refractivity contribution in [3.05, 3.63) is 199 Å². The molecule has 1 aliphatic rings. The molecule has 0 aromatic heterocycles. The van der Waals surface area contributed by atoms with Gasteiger partial charge in [-0.2, -0.15) is 0 Å². The van der Waals surface area contributed by atoms with E-state index in [4.69, 9.17) is 0 Å². The molecule has 0 spiro atoms. The number of hydrogen-bond donors (Lipinski definition) is 1. The lowest BCUT2D eigenvalue weighted by atomic mass is 9.79. The number of nitrogens with zero attached hydrogens (tertiary/aromatic N) is 1. The average molecular weight is 591 g/mol. The lowest BCUT2D eigenvalue weighted by Gasteiger charge is -2.36. The van der Waals surface area contributed by atoms with Crippen LogP contribution in [-0.4, -0.2) is 0 Å². The minimum absolute atomic E-state index is 0.371. The van der Waals surface area contributed by atoms with Gasteiger partial charge in [0.1, 0.15) is 0 Å². The zero-order chi connectivity index (χ0) is 30.8. The molecule has 2 nitrogen and oxygen atoms in total. The summed E-state index contributed by atoms with van der Waals surface area (Å²) in [7, 11) is 0. The first kappa shape index (κ1) is 27.7. The second-order valence-corrected chi connectivity index (χ2v) is 11.9. The van der Waals surface area contributed by atoms with Crippen molar-refractivity contribution in [2.45, 2.75) is 12.0 Å². The van der Waals surface area contributed by atoms with Crippen LogP contribution in [0.25, 0.3) is 27.1 Å². The summed E-state index contributed by atoms with van der Waals surface area (Å²) in [6, 6.07) is 60.6. The van der Waals surface area contributed by atoms with Crippen molar-refractivity contribution in [3.8, 4) is 0 Å². The van der Waals surface area contributed by atoms with Gasteiger partial charge < -0.3 is 10.2 Å². The van der Waals surface area contributed by atoms with E-state index in [0.717, 1.165) is 23.5 Å². The average Bonchev–Trinajstić information content (AvgIpc) is 3.13. The Kier molecular flexibility index (Phi) is 7.16. The molecular weight excluding hydrogens is 556 g/mol. The monoisotopic (exact) mass is 590 g/mol. The van der Waals surface area contributed by atoms with Crippen molar-refractivity contribution in [1.29, 1.82) is 0 Å². The van der Waals surface area contributed by atoms with Crippen LogP contribution in [0.2, 0.25) is 0 Å². The number of nitrogens with one attached hydrogen (secondary N) is 1. The van der Waals surface area contributed by atoms with Crippen molar-refractivity contribution >= 4 is 49.9 Å². The quantitative estimate of drug-likeness (QED) is 0.199. The first-order valence-corrected chi connectivity index (χ1v) is 15.9. The number of allylic oxidation sites excluding steroid dienone is 2. The molecule has 1 unspecified atom stereocenters. The highest BCUT2D eigenvalue weighted by Gasteiger charge is 2.32. The van der Waals surface area contributed by atoms with E-state index in [0.29, 0.717) is 0 Å². The molecule has 0 fully saturated rings. The highest BCUT2D eigenvalue weighted by Crippen LogP contribution is 2.42. The molecule has 7 aromatic rings. The minimum Gasteiger partial charge on any atom is -0.372 e. The molecular formula is C44H34N2. The zero-order valence-electron chi connectivity index (χ0n) is 25.6. The molecule has 0 aliphatic heterocycles. The fraction of sp³-hybridized carbons (Fsp3) is 0.0455. The van der Waals surface area contributed by atoms with Crippen molar-refractivity contribution in [2.24, 2.45) is 0 Å². The molecule has 2 heteroatoms. The highest BCUT2D eigenvalue weighted by molar-refractivity contribution is 5.99. The van der Waals surface area contributed by atoms with Crippen LogP contribution in [0.5, 0.6) is 0 Å². The molecule has 220 valence electrons. The van der Waals surface area contributed by atoms with E-state index < -0.39 is 0 Å². The highest BCUT2D eigenvalue weighted by atomic mass is 15.1. The van der Waals surface area contributed by atoms with Gasteiger partial charge in [0, 0.05) is 22.4 Å². The topological polar surface area (TPSA) is 15.3 Å². The summed E-state index contributed by atoms with van der Waals surface area (Å²) in [5, 5.41) is 8.89. The molecule has 1 atom stereocenters. The van der Waals surface area contributed by atoms with Gasteiger partial charge in [0.25, 0.3) is 0 Å². The van der Waals surface area contributed by atoms with Crippen LogP contribution in [0.4, 0.5) is 22.7 Å². The Labute approximate surface area is 270 Å². The zero-order valence-corrected chi connectivity index (χ0v) is 25.6. The molecule has 1 aliphatic carbocycles. The molecule has 0 amide bonds. The van der Waals surface area contributed by atoms with Crippen LogP contribution in [0.1, 0.15) is 17.5 Å². The van der Waals surface area contributed by atoms with Crippen LogP contribution >= 0.6 is 0 Å². The number of para-hydroxylation sites is 2. The maximum Gasteiger partial charge on any atom is 0.0853 e. The van der Waals surface area contributed by atoms with Crippen molar-refractivity contribution < 1.29 is 0 Å². The number of anilines is 4. The van der Waals surface area contributed by atoms with Crippen LogP contribution < -0.4 is 10.2 Å². The Balaban J connectivity index is 1.15. The van der Waals surface area contributed by atoms with Gasteiger partial charge in [-0.05, 0) is 81.7 Å². The molecule has 0 bridgehead atoms. The standard InChI is InChI=1S/C44H34N2/c1-3-17-37(18-4-1)45-44(42-23-11-15-35-13-7-9-21-40(35)42)31-29-34(30-32-44)33-25-27-39(28-26-33)46(38-19-5-2-6-20-38)43-24-12-16-36-14-8-10-22-41(36)43/h1-31,45H,32H2. The summed E-state index contributed by atoms with van der Waals surface area (Å²) in [4.78, 5) is 2.35. The summed E-state index contributed by atoms with van der Waals surface area (Å²) in [6.07, 6.45) is 7.86. The number of benzene rings is 7. The smallest absolute Gasteiger partial charge is 0.0853 e. The number of hydrogen-bond acceptors (Lipinski definition) is 2. The third-order valence-corrected chi connectivity index (χ3v) is 9.08. The molecule has 46 heavy (non-hydrogen) atoms. The second kappa shape index (κ2) is 11.9. The number of rotatable bonds is 7. The van der Waals surface area contributed by atoms with Gasteiger partial charge in [0.15, 0.2) is 0 Å². The molecule has 0 radical (unpaired) electrons. The third-order valence-electron chi connectivity index (χ3n) is 9.08. The lowest BCUT2D eigenvalue weighted by molar-refractivity contribution is 0.625. The molecule has 0 saturated carbocycles. The van der Waals surface area contributed by atoms with Crippen LogP contribution in [0.3, 0.4) is 0 Å². The van der Waals surface area contributed by atoms with Gasteiger partial charge >= 0.3 is 0 Å². The van der Waals surface area contributed by atoms with Gasteiger partial charge in [0.2, 0.25) is 0 Å². The van der Waals surface area contributed by atoms with Gasteiger partial charge in [0.05, 0.1) is 11.2 Å². The maximum absolute atomic E-state index is 3.91. The Morgan fingerprint density at radius 2 is 1.09 bits per heavy atom. The van der Waals surface area contributed by atoms with Gasteiger partial charge in [-0.1, -0.05) is 146 Å². The lowest BCUT2D eigenvalue weighted by Crippen LogP contribution is -2.34. The summed E-state index contributed by atoms with van der Waals surface area (Å²) in [5.41, 5.74) is 7.88. The Bertz CT molecular complexity index is 2190. The van der Waals surface area contributed by atoms with Gasteiger partial charge in [-0.3, -0.25) is 0 Å². The third kappa shape index (κ3) is 5.14. The van der Waals surface area contributed by atoms with Crippen molar-refractivity contribution in [1.82, 2.24) is 0 Å². The fourth-order valence-corrected chi connectivity index (χ4v) is 6.82. The van der Waals surface area contributed by atoms with Gasteiger partial charge in [-0.25, -0.2) is 0 Å². The minimum atomic E-state index is -0.371. The molecule has 0 saturated heterocycles. The fourth-order valence-electron chi connectivity index (χ4n) is 6.82. The van der Waals surface area contributed by atoms with Crippen LogP contribution in [0, 0.1) is 0 Å². The second-order valence-electron chi connectivity index (χ2n) is 11.9. The molecule has 0 heterocycles. The molecule has 8 rings (SSSR count). The van der Waals surface area contributed by atoms with E-state index >= 15 is 0 Å². The first-order valence-electron chi connectivity index (χ1n) is 15.9. The van der Waals surface area contributed by atoms with E-state index in [1.807, 2.05) is 0 Å². The SMILES string of the molecule is C1=CC(Nc2ccccc2)(c2cccc3ccccc23)CC=C1c1ccc(N(c2ccccc2)c2cccc3ccccc23)cc1. The predicted octanol–water partition coefficient (Wildman–Crippen LogP) is 11.8. The van der Waals surface area contributed by atoms with Crippen molar-refractivity contribution in [2.75, 3.05) is 10.2 Å². The normalized spacial score (nSPS) is 15.9. The Morgan fingerprint density at radius 1 is 0.500 bits per heavy atom. The van der Waals surface area contributed by atoms with E-state index in [2.05, 4.69) is 198 Å². The van der Waals surface area contributed by atoms with E-state index in [9.17, 15) is 0 Å². The Morgan fingerprint density at radius 3 is 1.80 bits per heavy atom. The van der Waals surface area contributed by atoms with Crippen LogP contribution in [-0.2, 0) is 5.54 Å². The van der Waals surface area contributed by atoms with E-state index in [1.165, 1.54) is 43.9 Å². The predicted molar refractivity (Wildman–Crippen MR) is 196 cm³/mol. The summed E-state index contributed by atoms with van der Waals surface area (Å²) in [5.74, 6) is 0. The summed E-state index contributed by atoms with van der Waals surface area (Å²) < 4.78 is 0. The van der Waals surface area contributed by atoms with E-state index in [-0.39, 0.29) is 5.54 Å². The van der Waals surface area contributed by atoms with E-state index in [1.54, 1.807) is 0 Å². The van der Waals surface area contributed by atoms with Gasteiger partial charge in [-0.15, -0.1) is 0 Å². The largest absolute Gasteiger partial charge is 0.372 e. The Hall–Kier alpha value is -5.86. The summed E-state index contributed by atoms with van der Waals surface area (Å²) in [6.45, 7) is 0. The molecule has 7 aromatic carbocycles. The maximum atomic E-state index is 3.91. The summed E-state index contributed by atoms with van der Waals surface area (Å²) >= 11 is 0. The molecule has 1 N–H and O–H groups in total. The first-order chi connectivity index (χ1) is 22.8.